The molecule has 0 aliphatic heterocycles. The van der Waals surface area contributed by atoms with Crippen LogP contribution in [0.3, 0.4) is 0 Å². The number of ether oxygens (including phenoxy) is 2. The lowest BCUT2D eigenvalue weighted by atomic mass is 10.1. The SMILES string of the molecule is COc1ccc(CCC(=O)OCC(=O)Nc2ccc(Cl)c(Cl)c2)cc1. The van der Waals surface area contributed by atoms with Crippen LogP contribution in [-0.4, -0.2) is 25.6 Å². The number of aryl methyl sites for hydroxylation is 1. The summed E-state index contributed by atoms with van der Waals surface area (Å²) in [5, 5.41) is 3.30. The van der Waals surface area contributed by atoms with Crippen LogP contribution >= 0.6 is 23.2 Å². The zero-order chi connectivity index (χ0) is 18.2. The van der Waals surface area contributed by atoms with Crippen LogP contribution < -0.4 is 10.1 Å². The molecule has 0 unspecified atom stereocenters. The first-order chi connectivity index (χ1) is 12.0. The number of esters is 1. The van der Waals surface area contributed by atoms with Crippen molar-refractivity contribution in [3.05, 3.63) is 58.1 Å². The predicted molar refractivity (Wildman–Crippen MR) is 97.4 cm³/mol. The minimum atomic E-state index is -0.448. The van der Waals surface area contributed by atoms with E-state index in [0.717, 1.165) is 11.3 Å². The molecule has 1 amide bonds. The Morgan fingerprint density at radius 1 is 1.04 bits per heavy atom. The normalized spacial score (nSPS) is 10.2. The number of hydrogen-bond donors (Lipinski definition) is 1. The highest BCUT2D eigenvalue weighted by molar-refractivity contribution is 6.42. The van der Waals surface area contributed by atoms with Gasteiger partial charge in [-0.2, -0.15) is 0 Å². The fourth-order valence-corrected chi connectivity index (χ4v) is 2.33. The van der Waals surface area contributed by atoms with Crippen LogP contribution in [0.2, 0.25) is 10.0 Å². The second-order valence-corrected chi connectivity index (χ2v) is 6.00. The molecule has 2 aromatic carbocycles. The van der Waals surface area contributed by atoms with Gasteiger partial charge in [-0.15, -0.1) is 0 Å². The number of amides is 1. The second-order valence-electron chi connectivity index (χ2n) is 5.19. The van der Waals surface area contributed by atoms with Crippen molar-refractivity contribution < 1.29 is 19.1 Å². The van der Waals surface area contributed by atoms with Gasteiger partial charge in [0.25, 0.3) is 5.91 Å². The first-order valence-electron chi connectivity index (χ1n) is 7.51. The zero-order valence-electron chi connectivity index (χ0n) is 13.6. The molecule has 25 heavy (non-hydrogen) atoms. The van der Waals surface area contributed by atoms with Crippen molar-refractivity contribution in [3.8, 4) is 5.75 Å². The van der Waals surface area contributed by atoms with Crippen LogP contribution in [0.1, 0.15) is 12.0 Å². The molecular formula is C18H17Cl2NO4. The van der Waals surface area contributed by atoms with E-state index in [1.54, 1.807) is 19.2 Å². The standard InChI is InChI=1S/C18H17Cl2NO4/c1-24-14-6-2-12(3-7-14)4-9-18(23)25-11-17(22)21-13-5-8-15(19)16(20)10-13/h2-3,5-8,10H,4,9,11H2,1H3,(H,21,22). The van der Waals surface area contributed by atoms with E-state index in [0.29, 0.717) is 22.2 Å². The number of anilines is 1. The van der Waals surface area contributed by atoms with Gasteiger partial charge < -0.3 is 14.8 Å². The summed E-state index contributed by atoms with van der Waals surface area (Å²) in [7, 11) is 1.59. The third-order valence-corrected chi connectivity index (χ3v) is 4.08. The molecule has 5 nitrogen and oxygen atoms in total. The fourth-order valence-electron chi connectivity index (χ4n) is 2.03. The van der Waals surface area contributed by atoms with Crippen molar-refractivity contribution in [3.63, 3.8) is 0 Å². The Kier molecular flexibility index (Phi) is 7.10. The first-order valence-corrected chi connectivity index (χ1v) is 8.27. The van der Waals surface area contributed by atoms with E-state index < -0.39 is 11.9 Å². The maximum atomic E-state index is 11.8. The van der Waals surface area contributed by atoms with Gasteiger partial charge in [0, 0.05) is 12.1 Å². The summed E-state index contributed by atoms with van der Waals surface area (Å²) in [6, 6.07) is 12.1. The first kappa shape index (κ1) is 19.1. The number of rotatable bonds is 7. The van der Waals surface area contributed by atoms with Gasteiger partial charge in [0.05, 0.1) is 17.2 Å². The molecule has 7 heteroatoms. The second kappa shape index (κ2) is 9.30. The molecule has 0 heterocycles. The van der Waals surface area contributed by atoms with Gasteiger partial charge in [0.1, 0.15) is 5.75 Å². The number of halogens is 2. The molecule has 1 N–H and O–H groups in total. The van der Waals surface area contributed by atoms with Gasteiger partial charge in [-0.05, 0) is 42.3 Å². The van der Waals surface area contributed by atoms with Gasteiger partial charge in [-0.3, -0.25) is 9.59 Å². The van der Waals surface area contributed by atoms with Gasteiger partial charge in [-0.25, -0.2) is 0 Å². The minimum Gasteiger partial charge on any atom is -0.497 e. The number of methoxy groups -OCH3 is 1. The molecule has 0 atom stereocenters. The smallest absolute Gasteiger partial charge is 0.306 e. The molecule has 0 fully saturated rings. The van der Waals surface area contributed by atoms with Gasteiger partial charge >= 0.3 is 5.97 Å². The molecule has 0 radical (unpaired) electrons. The van der Waals surface area contributed by atoms with E-state index in [1.807, 2.05) is 24.3 Å². The number of carbonyl (C=O) groups excluding carboxylic acids is 2. The predicted octanol–water partition coefficient (Wildman–Crippen LogP) is 4.12. The zero-order valence-corrected chi connectivity index (χ0v) is 15.1. The van der Waals surface area contributed by atoms with Crippen molar-refractivity contribution in [2.24, 2.45) is 0 Å². The lowest BCUT2D eigenvalue weighted by Crippen LogP contribution is -2.21. The maximum absolute atomic E-state index is 11.8. The maximum Gasteiger partial charge on any atom is 0.306 e. The molecule has 0 aromatic heterocycles. The topological polar surface area (TPSA) is 64.6 Å². The highest BCUT2D eigenvalue weighted by atomic mass is 35.5. The Hall–Kier alpha value is -2.24. The van der Waals surface area contributed by atoms with Crippen molar-refractivity contribution in [1.29, 1.82) is 0 Å². The van der Waals surface area contributed by atoms with E-state index in [1.165, 1.54) is 6.07 Å². The van der Waals surface area contributed by atoms with Gasteiger partial charge in [-0.1, -0.05) is 35.3 Å². The fraction of sp³-hybridized carbons (Fsp3) is 0.222. The third-order valence-electron chi connectivity index (χ3n) is 3.34. The summed E-state index contributed by atoms with van der Waals surface area (Å²) in [5.41, 5.74) is 1.46. The van der Waals surface area contributed by atoms with E-state index in [4.69, 9.17) is 32.7 Å². The van der Waals surface area contributed by atoms with E-state index in [2.05, 4.69) is 5.32 Å². The monoisotopic (exact) mass is 381 g/mol. The summed E-state index contributed by atoms with van der Waals surface area (Å²) in [6.45, 7) is -0.359. The Balaban J connectivity index is 1.73. The van der Waals surface area contributed by atoms with Gasteiger partial charge in [0.15, 0.2) is 6.61 Å². The summed E-state index contributed by atoms with van der Waals surface area (Å²) < 4.78 is 10.0. The Bertz CT molecular complexity index is 747. The highest BCUT2D eigenvalue weighted by Gasteiger charge is 2.09. The Morgan fingerprint density at radius 2 is 1.76 bits per heavy atom. The van der Waals surface area contributed by atoms with Crippen LogP contribution in [0.15, 0.2) is 42.5 Å². The molecular weight excluding hydrogens is 365 g/mol. The van der Waals surface area contributed by atoms with Crippen LogP contribution in [0, 0.1) is 0 Å². The number of nitrogens with one attached hydrogen (secondary N) is 1. The van der Waals surface area contributed by atoms with Crippen molar-refractivity contribution in [2.45, 2.75) is 12.8 Å². The van der Waals surface area contributed by atoms with Crippen molar-refractivity contribution in [1.82, 2.24) is 0 Å². The molecule has 2 rings (SSSR count). The summed E-state index contributed by atoms with van der Waals surface area (Å²) >= 11 is 11.7. The number of carbonyl (C=O) groups is 2. The van der Waals surface area contributed by atoms with E-state index in [9.17, 15) is 9.59 Å². The molecule has 0 bridgehead atoms. The molecule has 0 spiro atoms. The highest BCUT2D eigenvalue weighted by Crippen LogP contribution is 2.24. The molecule has 0 saturated carbocycles. The van der Waals surface area contributed by atoms with E-state index in [-0.39, 0.29) is 13.0 Å². The molecule has 132 valence electrons. The summed E-state index contributed by atoms with van der Waals surface area (Å²) in [6.07, 6.45) is 0.712. The number of hydrogen-bond acceptors (Lipinski definition) is 4. The van der Waals surface area contributed by atoms with Crippen molar-refractivity contribution >= 4 is 40.8 Å². The van der Waals surface area contributed by atoms with Crippen LogP contribution in [0.5, 0.6) is 5.75 Å². The third kappa shape index (κ3) is 6.29. The lowest BCUT2D eigenvalue weighted by Gasteiger charge is -2.08. The average Bonchev–Trinajstić information content (AvgIpc) is 2.61. The molecule has 0 aliphatic rings. The van der Waals surface area contributed by atoms with Gasteiger partial charge in [0.2, 0.25) is 0 Å². The molecule has 2 aromatic rings. The summed E-state index contributed by atoms with van der Waals surface area (Å²) in [4.78, 5) is 23.5. The van der Waals surface area contributed by atoms with Crippen molar-refractivity contribution in [2.75, 3.05) is 19.0 Å². The lowest BCUT2D eigenvalue weighted by molar-refractivity contribution is -0.147. The Labute approximate surface area is 155 Å². The van der Waals surface area contributed by atoms with Crippen LogP contribution in [-0.2, 0) is 20.7 Å². The minimum absolute atomic E-state index is 0.187. The molecule has 0 saturated heterocycles. The quantitative estimate of drug-likeness (QED) is 0.732. The summed E-state index contributed by atoms with van der Waals surface area (Å²) in [5.74, 6) is -0.137. The number of benzene rings is 2. The average molecular weight is 382 g/mol. The largest absolute Gasteiger partial charge is 0.497 e. The van der Waals surface area contributed by atoms with Crippen LogP contribution in [0.4, 0.5) is 5.69 Å². The van der Waals surface area contributed by atoms with E-state index >= 15 is 0 Å². The van der Waals surface area contributed by atoms with Crippen LogP contribution in [0.25, 0.3) is 0 Å². The molecule has 0 aliphatic carbocycles. The Morgan fingerprint density at radius 3 is 2.40 bits per heavy atom.